The van der Waals surface area contributed by atoms with Gasteiger partial charge in [0.25, 0.3) is 0 Å². The second-order valence-electron chi connectivity index (χ2n) is 8.71. The van der Waals surface area contributed by atoms with Gasteiger partial charge in [0.15, 0.2) is 0 Å². The Bertz CT molecular complexity index is 1330. The molecule has 0 N–H and O–H groups in total. The Kier molecular flexibility index (Phi) is 5.44. The lowest BCUT2D eigenvalue weighted by molar-refractivity contribution is -0.136. The van der Waals surface area contributed by atoms with Crippen LogP contribution in [0.15, 0.2) is 43.0 Å². The van der Waals surface area contributed by atoms with Crippen LogP contribution in [0.5, 0.6) is 0 Å². The summed E-state index contributed by atoms with van der Waals surface area (Å²) in [5, 5.41) is 0.566. The van der Waals surface area contributed by atoms with E-state index in [1.165, 1.54) is 23.7 Å². The molecule has 174 valence electrons. The average molecular weight is 478 g/mol. The van der Waals surface area contributed by atoms with E-state index >= 15 is 0 Å². The van der Waals surface area contributed by atoms with Crippen molar-refractivity contribution in [2.45, 2.75) is 12.8 Å². The first-order valence-corrected chi connectivity index (χ1v) is 12.4. The quantitative estimate of drug-likeness (QED) is 0.448. The summed E-state index contributed by atoms with van der Waals surface area (Å²) in [6.07, 6.45) is 6.57. The fourth-order valence-corrected chi connectivity index (χ4v) is 6.16. The molecule has 1 amide bonds. The van der Waals surface area contributed by atoms with Gasteiger partial charge in [-0.15, -0.1) is 11.3 Å². The van der Waals surface area contributed by atoms with Crippen molar-refractivity contribution in [3.8, 4) is 0 Å². The summed E-state index contributed by atoms with van der Waals surface area (Å²) in [7, 11) is 0. The molecule has 2 aliphatic rings. The number of amides is 1. The zero-order chi connectivity index (χ0) is 23.1. The molecule has 6 rings (SSSR count). The van der Waals surface area contributed by atoms with Crippen LogP contribution in [-0.4, -0.2) is 70.0 Å². The fraction of sp³-hybridized carbons (Fsp3) is 0.375. The molecule has 5 heterocycles. The van der Waals surface area contributed by atoms with Crippen molar-refractivity contribution in [1.82, 2.24) is 24.8 Å². The third-order valence-corrected chi connectivity index (χ3v) is 7.92. The van der Waals surface area contributed by atoms with Crippen LogP contribution in [-0.2, 0) is 4.79 Å². The van der Waals surface area contributed by atoms with E-state index in [9.17, 15) is 9.18 Å². The lowest BCUT2D eigenvalue weighted by atomic mass is 9.95. The van der Waals surface area contributed by atoms with Crippen molar-refractivity contribution < 1.29 is 9.18 Å². The Hall–Kier alpha value is -3.40. The minimum Gasteiger partial charge on any atom is -0.355 e. The molecule has 2 aliphatic heterocycles. The van der Waals surface area contributed by atoms with Gasteiger partial charge < -0.3 is 14.7 Å². The number of benzene rings is 1. The molecule has 2 fully saturated rings. The number of halogens is 1. The van der Waals surface area contributed by atoms with Crippen LogP contribution >= 0.6 is 11.3 Å². The highest BCUT2D eigenvalue weighted by molar-refractivity contribution is 7.26. The van der Waals surface area contributed by atoms with Gasteiger partial charge in [-0.05, 0) is 31.0 Å². The second kappa shape index (κ2) is 8.75. The van der Waals surface area contributed by atoms with E-state index in [1.807, 2.05) is 11.0 Å². The van der Waals surface area contributed by atoms with Crippen molar-refractivity contribution in [2.24, 2.45) is 5.92 Å². The van der Waals surface area contributed by atoms with Crippen molar-refractivity contribution in [1.29, 1.82) is 0 Å². The molecule has 34 heavy (non-hydrogen) atoms. The minimum atomic E-state index is -0.253. The second-order valence-corrected chi connectivity index (χ2v) is 9.76. The van der Waals surface area contributed by atoms with Crippen LogP contribution in [0.2, 0.25) is 0 Å². The summed E-state index contributed by atoms with van der Waals surface area (Å²) >= 11 is 1.53. The lowest BCUT2D eigenvalue weighted by Crippen LogP contribution is -2.52. The van der Waals surface area contributed by atoms with Crippen molar-refractivity contribution in [3.63, 3.8) is 0 Å². The highest BCUT2D eigenvalue weighted by Crippen LogP contribution is 2.39. The van der Waals surface area contributed by atoms with Crippen LogP contribution in [0.3, 0.4) is 0 Å². The van der Waals surface area contributed by atoms with Gasteiger partial charge in [-0.2, -0.15) is 0 Å². The molecule has 3 aromatic heterocycles. The molecular weight excluding hydrogens is 453 g/mol. The number of aromatic nitrogens is 4. The number of rotatable bonds is 3. The highest BCUT2D eigenvalue weighted by atomic mass is 32.1. The summed E-state index contributed by atoms with van der Waals surface area (Å²) < 4.78 is 16.2. The molecule has 0 spiro atoms. The van der Waals surface area contributed by atoms with Gasteiger partial charge in [0.2, 0.25) is 11.9 Å². The maximum absolute atomic E-state index is 14.4. The molecule has 1 aromatic carbocycles. The molecule has 4 aromatic rings. The Labute approximate surface area is 200 Å². The van der Waals surface area contributed by atoms with Crippen LogP contribution in [0.1, 0.15) is 12.8 Å². The molecule has 8 nitrogen and oxygen atoms in total. The third-order valence-electron chi connectivity index (χ3n) is 6.78. The standard InChI is InChI=1S/C24H24FN7OS/c25-17-3-1-4-18-19(17)20-21(34-18)22(29-15-28-20)30-9-5-16(6-10-30)23(33)31-11-13-32(14-12-31)24-26-7-2-8-27-24/h1-4,7-8,15-16H,5-6,9-14H2. The van der Waals surface area contributed by atoms with Gasteiger partial charge in [-0.25, -0.2) is 24.3 Å². The fourth-order valence-electron chi connectivity index (χ4n) is 4.97. The molecular formula is C24H24FN7OS. The van der Waals surface area contributed by atoms with E-state index in [1.54, 1.807) is 24.5 Å². The van der Waals surface area contributed by atoms with Crippen molar-refractivity contribution >= 4 is 49.3 Å². The zero-order valence-electron chi connectivity index (χ0n) is 18.6. The van der Waals surface area contributed by atoms with Gasteiger partial charge >= 0.3 is 0 Å². The lowest BCUT2D eigenvalue weighted by Gasteiger charge is -2.38. The number of hydrogen-bond donors (Lipinski definition) is 0. The summed E-state index contributed by atoms with van der Waals surface area (Å²) in [6.45, 7) is 4.37. The third kappa shape index (κ3) is 3.71. The van der Waals surface area contributed by atoms with Crippen molar-refractivity contribution in [3.05, 3.63) is 48.8 Å². The first kappa shape index (κ1) is 21.2. The van der Waals surface area contributed by atoms with Crippen molar-refractivity contribution in [2.75, 3.05) is 49.1 Å². The van der Waals surface area contributed by atoms with Gasteiger partial charge in [0, 0.05) is 62.3 Å². The van der Waals surface area contributed by atoms with E-state index in [0.29, 0.717) is 24.0 Å². The van der Waals surface area contributed by atoms with E-state index in [-0.39, 0.29) is 17.6 Å². The number of piperazine rings is 1. The molecule has 0 unspecified atom stereocenters. The molecule has 0 radical (unpaired) electrons. The monoisotopic (exact) mass is 477 g/mol. The highest BCUT2D eigenvalue weighted by Gasteiger charge is 2.32. The van der Waals surface area contributed by atoms with E-state index in [4.69, 9.17) is 0 Å². The normalized spacial score (nSPS) is 17.6. The SMILES string of the molecule is O=C(C1CCN(c2ncnc3c2sc2cccc(F)c23)CC1)N1CCN(c2ncccn2)CC1. The number of piperidine rings is 1. The predicted octanol–water partition coefficient (Wildman–Crippen LogP) is 3.34. The molecule has 0 aliphatic carbocycles. The summed E-state index contributed by atoms with van der Waals surface area (Å²) in [5.74, 6) is 1.57. The van der Waals surface area contributed by atoms with Gasteiger partial charge in [0.1, 0.15) is 18.0 Å². The number of carbonyl (C=O) groups is 1. The zero-order valence-corrected chi connectivity index (χ0v) is 19.4. The summed E-state index contributed by atoms with van der Waals surface area (Å²) in [5.41, 5.74) is 0.668. The number of fused-ring (bicyclic) bond motifs is 3. The Morgan fingerprint density at radius 1 is 0.912 bits per heavy atom. The molecule has 0 atom stereocenters. The predicted molar refractivity (Wildman–Crippen MR) is 131 cm³/mol. The Balaban J connectivity index is 1.12. The van der Waals surface area contributed by atoms with Gasteiger partial charge in [-0.3, -0.25) is 4.79 Å². The van der Waals surface area contributed by atoms with E-state index in [0.717, 1.165) is 60.2 Å². The van der Waals surface area contributed by atoms with Gasteiger partial charge in [-0.1, -0.05) is 6.07 Å². The molecule has 10 heteroatoms. The number of thiophene rings is 1. The Morgan fingerprint density at radius 2 is 1.68 bits per heavy atom. The maximum atomic E-state index is 14.4. The van der Waals surface area contributed by atoms with E-state index < -0.39 is 0 Å². The van der Waals surface area contributed by atoms with Gasteiger partial charge in [0.05, 0.1) is 15.6 Å². The van der Waals surface area contributed by atoms with Crippen LogP contribution in [0, 0.1) is 11.7 Å². The average Bonchev–Trinajstić information content (AvgIpc) is 3.29. The minimum absolute atomic E-state index is 0.0213. The molecule has 0 saturated carbocycles. The number of anilines is 2. The summed E-state index contributed by atoms with van der Waals surface area (Å²) in [6, 6.07) is 6.92. The first-order chi connectivity index (χ1) is 16.7. The summed E-state index contributed by atoms with van der Waals surface area (Å²) in [4.78, 5) is 37.1. The maximum Gasteiger partial charge on any atom is 0.225 e. The smallest absolute Gasteiger partial charge is 0.225 e. The first-order valence-electron chi connectivity index (χ1n) is 11.6. The Morgan fingerprint density at radius 3 is 2.44 bits per heavy atom. The largest absolute Gasteiger partial charge is 0.355 e. The number of nitrogens with zero attached hydrogens (tertiary/aromatic N) is 7. The van der Waals surface area contributed by atoms with Crippen LogP contribution in [0.25, 0.3) is 20.3 Å². The van der Waals surface area contributed by atoms with E-state index in [2.05, 4.69) is 29.7 Å². The number of carbonyl (C=O) groups excluding carboxylic acids is 1. The van der Waals surface area contributed by atoms with Crippen LogP contribution in [0.4, 0.5) is 16.2 Å². The molecule has 2 saturated heterocycles. The van der Waals surface area contributed by atoms with Crippen LogP contribution < -0.4 is 9.80 Å². The number of hydrogen-bond acceptors (Lipinski definition) is 8. The molecule has 0 bridgehead atoms. The topological polar surface area (TPSA) is 78.4 Å².